The van der Waals surface area contributed by atoms with E-state index in [2.05, 4.69) is 20.6 Å². The molecule has 0 spiro atoms. The number of fused-ring (bicyclic) bond motifs is 1. The van der Waals surface area contributed by atoms with Crippen LogP contribution in [0, 0.1) is 17.8 Å². The SMILES string of the molecule is CNC(=O)c1cnc2[nH]ccc2c1NC1C2CC3CC1CC(N)(C3)C2. The molecule has 4 bridgehead atoms. The van der Waals surface area contributed by atoms with Crippen LogP contribution >= 0.6 is 0 Å². The van der Waals surface area contributed by atoms with Gasteiger partial charge in [-0.1, -0.05) is 0 Å². The summed E-state index contributed by atoms with van der Waals surface area (Å²) in [5.74, 6) is 1.91. The molecule has 2 aromatic rings. The summed E-state index contributed by atoms with van der Waals surface area (Å²) in [4.78, 5) is 19.9. The van der Waals surface area contributed by atoms with Gasteiger partial charge in [-0.25, -0.2) is 4.98 Å². The third-order valence-corrected chi connectivity index (χ3v) is 6.69. The number of carbonyl (C=O) groups excluding carboxylic acids is 1. The number of nitrogens with one attached hydrogen (secondary N) is 3. The monoisotopic (exact) mass is 339 g/mol. The quantitative estimate of drug-likeness (QED) is 0.689. The first kappa shape index (κ1) is 15.2. The largest absolute Gasteiger partial charge is 0.380 e. The molecule has 2 atom stereocenters. The molecule has 4 aliphatic rings. The van der Waals surface area contributed by atoms with E-state index in [1.54, 1.807) is 13.2 Å². The van der Waals surface area contributed by atoms with E-state index in [9.17, 15) is 4.79 Å². The highest BCUT2D eigenvalue weighted by Gasteiger charge is 2.53. The third-order valence-electron chi connectivity index (χ3n) is 6.69. The number of hydrogen-bond donors (Lipinski definition) is 4. The molecular weight excluding hydrogens is 314 g/mol. The van der Waals surface area contributed by atoms with Crippen LogP contribution in [0.15, 0.2) is 18.5 Å². The number of amides is 1. The van der Waals surface area contributed by atoms with E-state index in [0.29, 0.717) is 23.4 Å². The van der Waals surface area contributed by atoms with Gasteiger partial charge >= 0.3 is 0 Å². The van der Waals surface area contributed by atoms with Crippen molar-refractivity contribution in [2.45, 2.75) is 43.7 Å². The van der Waals surface area contributed by atoms with Gasteiger partial charge in [-0.3, -0.25) is 4.79 Å². The molecule has 0 saturated heterocycles. The van der Waals surface area contributed by atoms with E-state index in [1.807, 2.05) is 12.3 Å². The van der Waals surface area contributed by atoms with Crippen LogP contribution in [0.3, 0.4) is 0 Å². The molecule has 4 saturated carbocycles. The molecule has 0 aliphatic heterocycles. The Morgan fingerprint density at radius 1 is 1.32 bits per heavy atom. The Bertz CT molecular complexity index is 827. The van der Waals surface area contributed by atoms with Crippen molar-refractivity contribution in [1.82, 2.24) is 15.3 Å². The van der Waals surface area contributed by atoms with Crippen LogP contribution in [0.4, 0.5) is 5.69 Å². The molecule has 132 valence electrons. The zero-order chi connectivity index (χ0) is 17.2. The lowest BCUT2D eigenvalue weighted by molar-refractivity contribution is -0.0107. The number of pyridine rings is 1. The summed E-state index contributed by atoms with van der Waals surface area (Å²) in [5, 5.41) is 7.50. The minimum Gasteiger partial charge on any atom is -0.380 e. The Morgan fingerprint density at radius 3 is 2.76 bits per heavy atom. The van der Waals surface area contributed by atoms with Crippen molar-refractivity contribution in [2.24, 2.45) is 23.5 Å². The number of H-pyrrole nitrogens is 1. The summed E-state index contributed by atoms with van der Waals surface area (Å²) in [6, 6.07) is 2.40. The lowest BCUT2D eigenvalue weighted by atomic mass is 9.51. The van der Waals surface area contributed by atoms with Crippen LogP contribution in [0.25, 0.3) is 11.0 Å². The number of nitrogens with two attached hydrogens (primary N) is 1. The number of anilines is 1. The average Bonchev–Trinajstić information content (AvgIpc) is 3.04. The van der Waals surface area contributed by atoms with Crippen molar-refractivity contribution in [3.05, 3.63) is 24.0 Å². The first-order valence-corrected chi connectivity index (χ1v) is 9.30. The van der Waals surface area contributed by atoms with Gasteiger partial charge in [0.05, 0.1) is 11.3 Å². The van der Waals surface area contributed by atoms with Crippen LogP contribution in [0.5, 0.6) is 0 Å². The van der Waals surface area contributed by atoms with Crippen molar-refractivity contribution >= 4 is 22.6 Å². The fourth-order valence-electron chi connectivity index (χ4n) is 5.96. The molecular formula is C19H25N5O. The van der Waals surface area contributed by atoms with E-state index in [4.69, 9.17) is 5.73 Å². The maximum absolute atomic E-state index is 12.4. The molecule has 1 amide bonds. The summed E-state index contributed by atoms with van der Waals surface area (Å²) in [7, 11) is 1.66. The van der Waals surface area contributed by atoms with E-state index >= 15 is 0 Å². The van der Waals surface area contributed by atoms with E-state index in [0.717, 1.165) is 35.5 Å². The predicted octanol–water partition coefficient (Wildman–Crippen LogP) is 2.24. The number of carbonyl (C=O) groups is 1. The fraction of sp³-hybridized carbons (Fsp3) is 0.579. The maximum Gasteiger partial charge on any atom is 0.254 e. The molecule has 5 N–H and O–H groups in total. The first-order chi connectivity index (χ1) is 12.1. The molecule has 2 aromatic heterocycles. The second-order valence-corrected chi connectivity index (χ2v) is 8.37. The molecule has 6 heteroatoms. The van der Waals surface area contributed by atoms with Crippen LogP contribution in [0.2, 0.25) is 0 Å². The average molecular weight is 339 g/mol. The highest BCUT2D eigenvalue weighted by molar-refractivity contribution is 6.06. The zero-order valence-electron chi connectivity index (χ0n) is 14.5. The lowest BCUT2D eigenvalue weighted by Crippen LogP contribution is -2.62. The zero-order valence-corrected chi connectivity index (χ0v) is 14.5. The number of aromatic nitrogens is 2. The van der Waals surface area contributed by atoms with E-state index < -0.39 is 0 Å². The second kappa shape index (κ2) is 5.21. The third kappa shape index (κ3) is 2.27. The standard InChI is InChI=1S/C19H25N5O/c1-21-18(25)14-9-23-17-13(2-3-22-17)16(14)24-15-11-4-10-5-12(15)8-19(20,6-10)7-11/h2-3,9-12,15H,4-8,20H2,1H3,(H,21,25)(H2,22,23,24). The van der Waals surface area contributed by atoms with Gasteiger partial charge in [-0.05, 0) is 55.9 Å². The molecule has 2 unspecified atom stereocenters. The van der Waals surface area contributed by atoms with Crippen LogP contribution in [-0.2, 0) is 0 Å². The van der Waals surface area contributed by atoms with Gasteiger partial charge in [0.1, 0.15) is 5.65 Å². The summed E-state index contributed by atoms with van der Waals surface area (Å²) in [5.41, 5.74) is 9.04. The van der Waals surface area contributed by atoms with Gasteiger partial charge in [0.2, 0.25) is 0 Å². The van der Waals surface area contributed by atoms with Gasteiger partial charge in [0.25, 0.3) is 5.91 Å². The first-order valence-electron chi connectivity index (χ1n) is 9.30. The minimum absolute atomic E-state index is 0.0555. The molecule has 6 rings (SSSR count). The summed E-state index contributed by atoms with van der Waals surface area (Å²) >= 11 is 0. The highest BCUT2D eigenvalue weighted by atomic mass is 16.1. The number of rotatable bonds is 3. The smallest absolute Gasteiger partial charge is 0.254 e. The summed E-state index contributed by atoms with van der Waals surface area (Å²) in [6.07, 6.45) is 9.49. The maximum atomic E-state index is 12.4. The Labute approximate surface area is 147 Å². The van der Waals surface area contributed by atoms with Crippen LogP contribution in [0.1, 0.15) is 42.5 Å². The molecule has 25 heavy (non-hydrogen) atoms. The number of hydrogen-bond acceptors (Lipinski definition) is 4. The molecule has 4 aliphatic carbocycles. The van der Waals surface area contributed by atoms with Crippen molar-refractivity contribution < 1.29 is 4.79 Å². The van der Waals surface area contributed by atoms with E-state index in [1.165, 1.54) is 19.3 Å². The van der Waals surface area contributed by atoms with Gasteiger partial charge in [-0.2, -0.15) is 0 Å². The van der Waals surface area contributed by atoms with Crippen molar-refractivity contribution in [2.75, 3.05) is 12.4 Å². The number of aromatic amines is 1. The molecule has 0 radical (unpaired) electrons. The Morgan fingerprint density at radius 2 is 2.08 bits per heavy atom. The van der Waals surface area contributed by atoms with Gasteiger partial charge in [0, 0.05) is 36.4 Å². The van der Waals surface area contributed by atoms with Crippen LogP contribution < -0.4 is 16.4 Å². The van der Waals surface area contributed by atoms with Crippen molar-refractivity contribution in [1.29, 1.82) is 0 Å². The summed E-state index contributed by atoms with van der Waals surface area (Å²) < 4.78 is 0. The van der Waals surface area contributed by atoms with Crippen molar-refractivity contribution in [3.8, 4) is 0 Å². The minimum atomic E-state index is -0.0998. The lowest BCUT2D eigenvalue weighted by Gasteiger charge is -2.59. The Kier molecular flexibility index (Phi) is 3.17. The van der Waals surface area contributed by atoms with E-state index in [-0.39, 0.29) is 11.4 Å². The molecule has 0 aromatic carbocycles. The fourth-order valence-corrected chi connectivity index (χ4v) is 5.96. The highest BCUT2D eigenvalue weighted by Crippen LogP contribution is 2.55. The Hall–Kier alpha value is -2.08. The Balaban J connectivity index is 1.54. The van der Waals surface area contributed by atoms with Gasteiger partial charge in [-0.15, -0.1) is 0 Å². The van der Waals surface area contributed by atoms with Crippen molar-refractivity contribution in [3.63, 3.8) is 0 Å². The molecule has 6 nitrogen and oxygen atoms in total. The molecule has 4 fully saturated rings. The normalized spacial score (nSPS) is 35.9. The number of nitrogens with zero attached hydrogens (tertiary/aromatic N) is 1. The summed E-state index contributed by atoms with van der Waals surface area (Å²) in [6.45, 7) is 0. The van der Waals surface area contributed by atoms with Gasteiger partial charge < -0.3 is 21.4 Å². The van der Waals surface area contributed by atoms with Crippen LogP contribution in [-0.4, -0.2) is 34.5 Å². The second-order valence-electron chi connectivity index (χ2n) is 8.37. The predicted molar refractivity (Wildman–Crippen MR) is 97.4 cm³/mol. The topological polar surface area (TPSA) is 95.8 Å². The molecule has 2 heterocycles. The van der Waals surface area contributed by atoms with Gasteiger partial charge in [0.15, 0.2) is 0 Å².